The van der Waals surface area contributed by atoms with Gasteiger partial charge in [-0.3, -0.25) is 4.90 Å². The molecule has 1 atom stereocenters. The summed E-state index contributed by atoms with van der Waals surface area (Å²) in [4.78, 5) is 5.28. The molecule has 1 aliphatic heterocycles. The van der Waals surface area contributed by atoms with Crippen LogP contribution in [0, 0.1) is 23.2 Å². The zero-order valence-corrected chi connectivity index (χ0v) is 23.7. The van der Waals surface area contributed by atoms with Gasteiger partial charge in [0.1, 0.15) is 0 Å². The standard InChI is InChI=1S/C37H46N2/c1-3-8-30(9-4-1)28-39-20-18-38(19-21-39)17-7-10-29-13-15-35(16-14-29)36(34-11-5-2-6-12-34)37-25-31-22-32(26-37)24-33(23-31)27-37/h1-6,8-9,11-16,31-33,36H,7,10,17-28H2. The van der Waals surface area contributed by atoms with Crippen LogP contribution in [0.1, 0.15) is 73.1 Å². The molecular formula is C37H46N2. The Morgan fingerprint density at radius 1 is 0.590 bits per heavy atom. The van der Waals surface area contributed by atoms with E-state index in [1.807, 2.05) is 0 Å². The smallest absolute Gasteiger partial charge is 0.0234 e. The number of piperazine rings is 1. The molecule has 0 aromatic heterocycles. The number of hydrogen-bond donors (Lipinski definition) is 0. The number of benzene rings is 3. The average molecular weight is 519 g/mol. The topological polar surface area (TPSA) is 6.48 Å². The highest BCUT2D eigenvalue weighted by molar-refractivity contribution is 5.38. The zero-order valence-electron chi connectivity index (χ0n) is 23.7. The first-order valence-corrected chi connectivity index (χ1v) is 15.8. The Morgan fingerprint density at radius 3 is 1.74 bits per heavy atom. The van der Waals surface area contributed by atoms with Crippen molar-refractivity contribution in [3.05, 3.63) is 107 Å². The van der Waals surface area contributed by atoms with Gasteiger partial charge in [-0.15, -0.1) is 0 Å². The minimum absolute atomic E-state index is 0.486. The first kappa shape index (κ1) is 25.5. The monoisotopic (exact) mass is 518 g/mol. The summed E-state index contributed by atoms with van der Waals surface area (Å²) in [6.45, 7) is 7.10. The third-order valence-electron chi connectivity index (χ3n) is 10.8. The molecule has 204 valence electrons. The van der Waals surface area contributed by atoms with Gasteiger partial charge in [-0.25, -0.2) is 0 Å². The van der Waals surface area contributed by atoms with Gasteiger partial charge in [0, 0.05) is 38.6 Å². The van der Waals surface area contributed by atoms with Gasteiger partial charge in [0.05, 0.1) is 0 Å². The molecule has 5 aliphatic rings. The number of hydrogen-bond acceptors (Lipinski definition) is 2. The van der Waals surface area contributed by atoms with Crippen molar-refractivity contribution in [3.8, 4) is 0 Å². The van der Waals surface area contributed by atoms with Crippen LogP contribution in [0.15, 0.2) is 84.9 Å². The molecule has 1 saturated heterocycles. The van der Waals surface area contributed by atoms with Gasteiger partial charge >= 0.3 is 0 Å². The lowest BCUT2D eigenvalue weighted by Crippen LogP contribution is -2.49. The van der Waals surface area contributed by atoms with Crippen molar-refractivity contribution in [3.63, 3.8) is 0 Å². The van der Waals surface area contributed by atoms with Gasteiger partial charge in [0.15, 0.2) is 0 Å². The third kappa shape index (κ3) is 5.61. The largest absolute Gasteiger partial charge is 0.301 e. The Labute approximate surface area is 236 Å². The van der Waals surface area contributed by atoms with Gasteiger partial charge in [-0.05, 0) is 103 Å². The lowest BCUT2D eigenvalue weighted by Gasteiger charge is -2.60. The van der Waals surface area contributed by atoms with Crippen LogP contribution in [0.25, 0.3) is 0 Å². The maximum absolute atomic E-state index is 2.67. The fraction of sp³-hybridized carbons (Fsp3) is 0.514. The van der Waals surface area contributed by atoms with E-state index in [-0.39, 0.29) is 0 Å². The molecular weight excluding hydrogens is 472 g/mol. The van der Waals surface area contributed by atoms with E-state index in [1.54, 1.807) is 11.1 Å². The van der Waals surface area contributed by atoms with Crippen LogP contribution >= 0.6 is 0 Å². The first-order valence-electron chi connectivity index (χ1n) is 15.8. The lowest BCUT2D eigenvalue weighted by molar-refractivity contribution is -0.0618. The second-order valence-corrected chi connectivity index (χ2v) is 13.6. The summed E-state index contributed by atoms with van der Waals surface area (Å²) in [5.41, 5.74) is 6.56. The van der Waals surface area contributed by atoms with Crippen molar-refractivity contribution < 1.29 is 0 Å². The van der Waals surface area contributed by atoms with Crippen LogP contribution in [-0.2, 0) is 13.0 Å². The molecule has 0 spiro atoms. The third-order valence-corrected chi connectivity index (χ3v) is 10.8. The Kier molecular flexibility index (Phi) is 7.35. The van der Waals surface area contributed by atoms with Crippen molar-refractivity contribution in [1.82, 2.24) is 9.80 Å². The quantitative estimate of drug-likeness (QED) is 0.285. The summed E-state index contributed by atoms with van der Waals surface area (Å²) in [5.74, 6) is 3.53. The van der Waals surface area contributed by atoms with E-state index >= 15 is 0 Å². The molecule has 2 heteroatoms. The summed E-state index contributed by atoms with van der Waals surface area (Å²) >= 11 is 0. The number of rotatable bonds is 9. The summed E-state index contributed by atoms with van der Waals surface area (Å²) in [7, 11) is 0. The van der Waals surface area contributed by atoms with Crippen molar-refractivity contribution in [2.75, 3.05) is 32.7 Å². The van der Waals surface area contributed by atoms with Crippen LogP contribution in [0.5, 0.6) is 0 Å². The second kappa shape index (κ2) is 11.2. The van der Waals surface area contributed by atoms with Crippen LogP contribution in [0.3, 0.4) is 0 Å². The zero-order chi connectivity index (χ0) is 26.1. The predicted molar refractivity (Wildman–Crippen MR) is 162 cm³/mol. The molecule has 1 unspecified atom stereocenters. The van der Waals surface area contributed by atoms with Gasteiger partial charge in [0.25, 0.3) is 0 Å². The molecule has 3 aromatic rings. The summed E-state index contributed by atoms with van der Waals surface area (Å²) in [5, 5.41) is 0. The summed E-state index contributed by atoms with van der Waals surface area (Å²) < 4.78 is 0. The minimum Gasteiger partial charge on any atom is -0.301 e. The SMILES string of the molecule is c1ccc(CN2CCN(CCCc3ccc(C(c4ccccc4)C45CC6CC(CC(C6)C4)C5)cc3)CC2)cc1. The van der Waals surface area contributed by atoms with E-state index in [0.717, 1.165) is 24.3 Å². The van der Waals surface area contributed by atoms with Gasteiger partial charge < -0.3 is 4.90 Å². The maximum Gasteiger partial charge on any atom is 0.0234 e. The fourth-order valence-corrected chi connectivity index (χ4v) is 9.47. The van der Waals surface area contributed by atoms with Gasteiger partial charge in [0.2, 0.25) is 0 Å². The molecule has 0 amide bonds. The van der Waals surface area contributed by atoms with Gasteiger partial charge in [-0.1, -0.05) is 84.9 Å². The molecule has 5 fully saturated rings. The molecule has 8 rings (SSSR count). The minimum atomic E-state index is 0.486. The van der Waals surface area contributed by atoms with Crippen LogP contribution in [-0.4, -0.2) is 42.5 Å². The van der Waals surface area contributed by atoms with E-state index in [2.05, 4.69) is 94.7 Å². The highest BCUT2D eigenvalue weighted by atomic mass is 15.3. The number of aryl methyl sites for hydroxylation is 1. The predicted octanol–water partition coefficient (Wildman–Crippen LogP) is 7.79. The normalized spacial score (nSPS) is 29.5. The van der Waals surface area contributed by atoms with E-state index in [1.165, 1.54) is 95.2 Å². The Balaban J connectivity index is 0.966. The molecule has 3 aromatic carbocycles. The summed E-state index contributed by atoms with van der Waals surface area (Å²) in [6, 6.07) is 32.4. The van der Waals surface area contributed by atoms with E-state index < -0.39 is 0 Å². The van der Waals surface area contributed by atoms with E-state index in [0.29, 0.717) is 11.3 Å². The highest BCUT2D eigenvalue weighted by Crippen LogP contribution is 2.65. The second-order valence-electron chi connectivity index (χ2n) is 13.6. The van der Waals surface area contributed by atoms with Crippen LogP contribution < -0.4 is 0 Å². The van der Waals surface area contributed by atoms with Crippen molar-refractivity contribution in [2.45, 2.75) is 63.8 Å². The van der Waals surface area contributed by atoms with Gasteiger partial charge in [-0.2, -0.15) is 0 Å². The van der Waals surface area contributed by atoms with Crippen molar-refractivity contribution >= 4 is 0 Å². The highest BCUT2D eigenvalue weighted by Gasteiger charge is 2.54. The summed E-state index contributed by atoms with van der Waals surface area (Å²) in [6.07, 6.45) is 11.4. The van der Waals surface area contributed by atoms with Crippen molar-refractivity contribution in [1.29, 1.82) is 0 Å². The number of nitrogens with zero attached hydrogens (tertiary/aromatic N) is 2. The van der Waals surface area contributed by atoms with Crippen LogP contribution in [0.4, 0.5) is 0 Å². The average Bonchev–Trinajstić information content (AvgIpc) is 2.95. The van der Waals surface area contributed by atoms with Crippen LogP contribution in [0.2, 0.25) is 0 Å². The molecule has 4 bridgehead atoms. The first-order chi connectivity index (χ1) is 19.2. The fourth-order valence-electron chi connectivity index (χ4n) is 9.47. The van der Waals surface area contributed by atoms with Crippen molar-refractivity contribution in [2.24, 2.45) is 23.2 Å². The van der Waals surface area contributed by atoms with E-state index in [9.17, 15) is 0 Å². The maximum atomic E-state index is 2.67. The molecule has 1 heterocycles. The molecule has 0 radical (unpaired) electrons. The Morgan fingerprint density at radius 2 is 1.13 bits per heavy atom. The Bertz CT molecular complexity index is 1160. The Hall–Kier alpha value is -2.42. The molecule has 4 saturated carbocycles. The molecule has 39 heavy (non-hydrogen) atoms. The van der Waals surface area contributed by atoms with E-state index in [4.69, 9.17) is 0 Å². The lowest BCUT2D eigenvalue weighted by atomic mass is 9.45. The molecule has 4 aliphatic carbocycles. The molecule has 0 N–H and O–H groups in total. The molecule has 2 nitrogen and oxygen atoms in total.